The average Bonchev–Trinajstić information content (AvgIpc) is 3.36. The molecule has 0 spiro atoms. The first kappa shape index (κ1) is 23.6. The number of alkyl carbamates (subject to hydrolysis) is 1. The monoisotopic (exact) mass is 454 g/mol. The summed E-state index contributed by atoms with van der Waals surface area (Å²) in [6, 6.07) is 11.8. The maximum Gasteiger partial charge on any atom is 0.407 e. The van der Waals surface area contributed by atoms with Crippen LogP contribution in [0.5, 0.6) is 5.75 Å². The van der Waals surface area contributed by atoms with Crippen LogP contribution in [0, 0.1) is 0 Å². The second-order valence-electron chi connectivity index (χ2n) is 7.03. The molecule has 0 unspecified atom stereocenters. The van der Waals surface area contributed by atoms with E-state index in [1.165, 1.54) is 13.5 Å². The van der Waals surface area contributed by atoms with Gasteiger partial charge in [-0.05, 0) is 36.2 Å². The number of carbonyl (C=O) groups is 2. The van der Waals surface area contributed by atoms with Crippen molar-refractivity contribution in [2.24, 2.45) is 0 Å². The predicted molar refractivity (Wildman–Crippen MR) is 122 cm³/mol. The fraction of sp³-hybridized carbons (Fsp3) is 0.261. The van der Waals surface area contributed by atoms with E-state index in [9.17, 15) is 9.59 Å². The number of rotatable bonds is 9. The number of nitrogens with one attached hydrogen (secondary N) is 3. The molecule has 1 aromatic heterocycles. The number of urea groups is 1. The Morgan fingerprint density at radius 1 is 1.15 bits per heavy atom. The molecule has 0 aliphatic rings. The number of ether oxygens (including phenoxy) is 2. The second-order valence-corrected chi connectivity index (χ2v) is 7.03. The molecule has 33 heavy (non-hydrogen) atoms. The molecule has 3 aromatic rings. The van der Waals surface area contributed by atoms with Crippen LogP contribution in [0.2, 0.25) is 0 Å². The lowest BCUT2D eigenvalue weighted by atomic mass is 10.1. The third-order valence-electron chi connectivity index (χ3n) is 4.71. The van der Waals surface area contributed by atoms with Crippen LogP contribution in [0.4, 0.5) is 21.0 Å². The van der Waals surface area contributed by atoms with E-state index < -0.39 is 18.2 Å². The molecule has 4 N–H and O–H groups in total. The van der Waals surface area contributed by atoms with Gasteiger partial charge in [-0.25, -0.2) is 14.6 Å². The number of carbonyl (C=O) groups excluding carboxylic acids is 2. The molecule has 0 radical (unpaired) electrons. The number of anilines is 2. The second kappa shape index (κ2) is 11.5. The molecule has 0 bridgehead atoms. The van der Waals surface area contributed by atoms with Crippen molar-refractivity contribution in [3.63, 3.8) is 0 Å². The number of aliphatic hydroxyl groups is 1. The van der Waals surface area contributed by atoms with Crippen molar-refractivity contribution in [2.75, 3.05) is 24.4 Å². The predicted octanol–water partition coefficient (Wildman–Crippen LogP) is 3.99. The SMILES string of the molecule is CC[C@H](CO)OC(=O)NCc1cccc(NC(=O)Nc2ccc(-c3cnco3)c(OC)c2)c1. The third kappa shape index (κ3) is 6.71. The largest absolute Gasteiger partial charge is 0.496 e. The van der Waals surface area contributed by atoms with Gasteiger partial charge in [0.15, 0.2) is 12.2 Å². The molecule has 2 aromatic carbocycles. The van der Waals surface area contributed by atoms with Crippen LogP contribution in [0.15, 0.2) is 59.5 Å². The van der Waals surface area contributed by atoms with Crippen LogP contribution >= 0.6 is 0 Å². The van der Waals surface area contributed by atoms with Gasteiger partial charge in [-0.1, -0.05) is 19.1 Å². The highest BCUT2D eigenvalue weighted by molar-refractivity contribution is 6.00. The zero-order valence-electron chi connectivity index (χ0n) is 18.3. The Hall–Kier alpha value is -4.05. The van der Waals surface area contributed by atoms with Crippen molar-refractivity contribution in [2.45, 2.75) is 26.0 Å². The molecule has 1 atom stereocenters. The smallest absolute Gasteiger partial charge is 0.407 e. The van der Waals surface area contributed by atoms with Crippen LogP contribution in [-0.2, 0) is 11.3 Å². The van der Waals surface area contributed by atoms with Gasteiger partial charge >= 0.3 is 12.1 Å². The molecular weight excluding hydrogens is 428 g/mol. The van der Waals surface area contributed by atoms with E-state index in [1.54, 1.807) is 48.7 Å². The highest BCUT2D eigenvalue weighted by Crippen LogP contribution is 2.32. The number of aromatic nitrogens is 1. The van der Waals surface area contributed by atoms with E-state index in [1.807, 2.05) is 6.92 Å². The Morgan fingerprint density at radius 2 is 1.94 bits per heavy atom. The quantitative estimate of drug-likeness (QED) is 0.384. The van der Waals surface area contributed by atoms with Gasteiger partial charge in [0.05, 0.1) is 25.5 Å². The number of hydrogen-bond acceptors (Lipinski definition) is 7. The molecule has 10 heteroatoms. The zero-order chi connectivity index (χ0) is 23.6. The zero-order valence-corrected chi connectivity index (χ0v) is 18.3. The summed E-state index contributed by atoms with van der Waals surface area (Å²) < 4.78 is 15.8. The van der Waals surface area contributed by atoms with Crippen LogP contribution in [0.1, 0.15) is 18.9 Å². The van der Waals surface area contributed by atoms with Gasteiger partial charge in [-0.2, -0.15) is 0 Å². The van der Waals surface area contributed by atoms with Crippen LogP contribution < -0.4 is 20.7 Å². The summed E-state index contributed by atoms with van der Waals surface area (Å²) in [6.07, 6.45) is 2.28. The number of oxazole rings is 1. The highest BCUT2D eigenvalue weighted by atomic mass is 16.6. The number of methoxy groups -OCH3 is 1. The van der Waals surface area contributed by atoms with Crippen LogP contribution in [-0.4, -0.2) is 42.0 Å². The number of aliphatic hydroxyl groups excluding tert-OH is 1. The molecule has 3 rings (SSSR count). The fourth-order valence-electron chi connectivity index (χ4n) is 2.99. The molecule has 0 saturated heterocycles. The summed E-state index contributed by atoms with van der Waals surface area (Å²) in [5.41, 5.74) is 2.55. The van der Waals surface area contributed by atoms with Crippen LogP contribution in [0.3, 0.4) is 0 Å². The van der Waals surface area contributed by atoms with Gasteiger partial charge in [0, 0.05) is 24.0 Å². The molecule has 3 amide bonds. The van der Waals surface area contributed by atoms with E-state index in [0.717, 1.165) is 5.56 Å². The maximum atomic E-state index is 12.5. The van der Waals surface area contributed by atoms with E-state index >= 15 is 0 Å². The van der Waals surface area contributed by atoms with Gasteiger partial charge in [0.25, 0.3) is 0 Å². The minimum atomic E-state index is -0.616. The molecule has 10 nitrogen and oxygen atoms in total. The minimum Gasteiger partial charge on any atom is -0.496 e. The van der Waals surface area contributed by atoms with Gasteiger partial charge < -0.3 is 34.9 Å². The lowest BCUT2D eigenvalue weighted by molar-refractivity contribution is 0.0553. The van der Waals surface area contributed by atoms with Crippen LogP contribution in [0.25, 0.3) is 11.3 Å². The Bertz CT molecular complexity index is 1070. The van der Waals surface area contributed by atoms with Crippen molar-refractivity contribution >= 4 is 23.5 Å². The van der Waals surface area contributed by atoms with E-state index in [4.69, 9.17) is 19.0 Å². The third-order valence-corrected chi connectivity index (χ3v) is 4.71. The van der Waals surface area contributed by atoms with E-state index in [-0.39, 0.29) is 13.2 Å². The molecular formula is C23H26N4O6. The lowest BCUT2D eigenvalue weighted by Gasteiger charge is -2.14. The first-order chi connectivity index (χ1) is 16.0. The van der Waals surface area contributed by atoms with Crippen molar-refractivity contribution in [3.8, 4) is 17.1 Å². The highest BCUT2D eigenvalue weighted by Gasteiger charge is 2.13. The van der Waals surface area contributed by atoms with Gasteiger partial charge in [0.1, 0.15) is 11.9 Å². The summed E-state index contributed by atoms with van der Waals surface area (Å²) in [7, 11) is 1.53. The fourth-order valence-corrected chi connectivity index (χ4v) is 2.99. The first-order valence-corrected chi connectivity index (χ1v) is 10.3. The maximum absolute atomic E-state index is 12.5. The molecule has 1 heterocycles. The Balaban J connectivity index is 1.57. The van der Waals surface area contributed by atoms with Crippen molar-refractivity contribution in [3.05, 3.63) is 60.6 Å². The summed E-state index contributed by atoms with van der Waals surface area (Å²) in [4.78, 5) is 28.2. The molecule has 0 saturated carbocycles. The molecule has 0 fully saturated rings. The minimum absolute atomic E-state index is 0.206. The standard InChI is InChI=1S/C23H26N4O6/c1-3-18(13-28)33-23(30)25-11-15-5-4-6-16(9-15)26-22(29)27-17-7-8-19(20(10-17)31-2)21-12-24-14-32-21/h4-10,12,14,18,28H,3,11,13H2,1-2H3,(H,25,30)(H2,26,27,29)/t18-/m1/s1. The lowest BCUT2D eigenvalue weighted by Crippen LogP contribution is -2.30. The van der Waals surface area contributed by atoms with E-state index in [2.05, 4.69) is 20.9 Å². The first-order valence-electron chi connectivity index (χ1n) is 10.3. The van der Waals surface area contributed by atoms with E-state index in [0.29, 0.717) is 34.9 Å². The molecule has 0 aliphatic heterocycles. The average molecular weight is 454 g/mol. The summed E-state index contributed by atoms with van der Waals surface area (Å²) in [5, 5.41) is 17.2. The summed E-state index contributed by atoms with van der Waals surface area (Å²) in [6.45, 7) is 1.79. The Labute approximate surface area is 190 Å². The Morgan fingerprint density at radius 3 is 2.61 bits per heavy atom. The van der Waals surface area contributed by atoms with Gasteiger partial charge in [-0.3, -0.25) is 0 Å². The molecule has 0 aliphatic carbocycles. The number of hydrogen-bond donors (Lipinski definition) is 4. The van der Waals surface area contributed by atoms with Crippen molar-refractivity contribution in [1.82, 2.24) is 10.3 Å². The number of nitrogens with zero attached hydrogens (tertiary/aromatic N) is 1. The van der Waals surface area contributed by atoms with Gasteiger partial charge in [-0.15, -0.1) is 0 Å². The van der Waals surface area contributed by atoms with Crippen molar-refractivity contribution < 1.29 is 28.6 Å². The molecule has 174 valence electrons. The van der Waals surface area contributed by atoms with Gasteiger partial charge in [0.2, 0.25) is 0 Å². The topological polar surface area (TPSA) is 135 Å². The number of amides is 3. The summed E-state index contributed by atoms with van der Waals surface area (Å²) >= 11 is 0. The Kier molecular flexibility index (Phi) is 8.25. The normalized spacial score (nSPS) is 11.4. The number of benzene rings is 2. The van der Waals surface area contributed by atoms with Crippen molar-refractivity contribution in [1.29, 1.82) is 0 Å². The summed E-state index contributed by atoms with van der Waals surface area (Å²) in [5.74, 6) is 1.08.